The minimum absolute atomic E-state index is 0.0483. The maximum Gasteiger partial charge on any atom is 0.234 e. The third-order valence-electron chi connectivity index (χ3n) is 2.05. The number of aromatic nitrogens is 2. The molecule has 1 aromatic heterocycles. The molecule has 0 saturated carbocycles. The second-order valence-electron chi connectivity index (χ2n) is 3.54. The highest BCUT2D eigenvalue weighted by Crippen LogP contribution is 1.93. The number of ether oxygens (including phenoxy) is 1. The topological polar surface area (TPSA) is 76.1 Å². The molecule has 1 aromatic rings. The molecular weight excluding hydrogens is 220 g/mol. The van der Waals surface area contributed by atoms with Gasteiger partial charge in [0, 0.05) is 26.4 Å². The van der Waals surface area contributed by atoms with Gasteiger partial charge in [0.15, 0.2) is 0 Å². The smallest absolute Gasteiger partial charge is 0.234 e. The summed E-state index contributed by atoms with van der Waals surface area (Å²) in [6.45, 7) is 3.72. The zero-order valence-electron chi connectivity index (χ0n) is 10.2. The van der Waals surface area contributed by atoms with Gasteiger partial charge in [0.2, 0.25) is 5.91 Å². The highest BCUT2D eigenvalue weighted by Gasteiger charge is 2.00. The molecule has 94 valence electrons. The van der Waals surface area contributed by atoms with Crippen LogP contribution >= 0.6 is 0 Å². The van der Waals surface area contributed by atoms with Gasteiger partial charge in [0.05, 0.1) is 18.8 Å². The van der Waals surface area contributed by atoms with Crippen LogP contribution in [-0.2, 0) is 16.1 Å². The van der Waals surface area contributed by atoms with Crippen molar-refractivity contribution in [3.05, 3.63) is 23.8 Å². The van der Waals surface area contributed by atoms with E-state index < -0.39 is 0 Å². The number of amides is 1. The Balaban J connectivity index is 2.17. The van der Waals surface area contributed by atoms with Gasteiger partial charge in [-0.3, -0.25) is 4.79 Å². The first-order valence-electron chi connectivity index (χ1n) is 5.47. The second-order valence-corrected chi connectivity index (χ2v) is 3.54. The van der Waals surface area contributed by atoms with Gasteiger partial charge in [-0.15, -0.1) is 0 Å². The third kappa shape index (κ3) is 5.94. The zero-order valence-corrected chi connectivity index (χ0v) is 10.2. The first kappa shape index (κ1) is 13.5. The van der Waals surface area contributed by atoms with Crippen LogP contribution in [-0.4, -0.2) is 42.7 Å². The number of carbonyl (C=O) groups excluding carboxylic acids is 1. The van der Waals surface area contributed by atoms with Gasteiger partial charge in [-0.1, -0.05) is 0 Å². The molecule has 1 amide bonds. The Morgan fingerprint density at radius 2 is 2.35 bits per heavy atom. The summed E-state index contributed by atoms with van der Waals surface area (Å²) in [6, 6.07) is 1.82. The lowest BCUT2D eigenvalue weighted by molar-refractivity contribution is -0.120. The molecule has 0 aliphatic heterocycles. The van der Waals surface area contributed by atoms with Crippen LogP contribution in [0.15, 0.2) is 12.3 Å². The van der Waals surface area contributed by atoms with Crippen molar-refractivity contribution in [3.8, 4) is 0 Å². The first-order chi connectivity index (χ1) is 8.22. The van der Waals surface area contributed by atoms with Gasteiger partial charge in [-0.2, -0.15) is 0 Å². The number of nitrogens with zero attached hydrogens (tertiary/aromatic N) is 2. The lowest BCUT2D eigenvalue weighted by Gasteiger charge is -2.06. The molecule has 1 heterocycles. The van der Waals surface area contributed by atoms with E-state index in [9.17, 15) is 4.79 Å². The third-order valence-corrected chi connectivity index (χ3v) is 2.05. The van der Waals surface area contributed by atoms with E-state index in [1.54, 1.807) is 13.3 Å². The number of hydrogen-bond acceptors (Lipinski definition) is 5. The van der Waals surface area contributed by atoms with Crippen molar-refractivity contribution < 1.29 is 9.53 Å². The first-order valence-corrected chi connectivity index (χ1v) is 5.47. The Bertz CT molecular complexity index is 357. The van der Waals surface area contributed by atoms with E-state index in [-0.39, 0.29) is 12.5 Å². The van der Waals surface area contributed by atoms with Crippen molar-refractivity contribution in [1.29, 1.82) is 0 Å². The molecule has 6 heteroatoms. The highest BCUT2D eigenvalue weighted by atomic mass is 16.5. The molecule has 0 aliphatic carbocycles. The summed E-state index contributed by atoms with van der Waals surface area (Å²) in [4.78, 5) is 19.5. The average molecular weight is 238 g/mol. The van der Waals surface area contributed by atoms with Crippen molar-refractivity contribution in [2.75, 3.05) is 26.8 Å². The predicted molar refractivity (Wildman–Crippen MR) is 63.4 cm³/mol. The molecule has 0 fully saturated rings. The summed E-state index contributed by atoms with van der Waals surface area (Å²) in [5.41, 5.74) is 0.877. The normalized spacial score (nSPS) is 10.2. The summed E-state index contributed by atoms with van der Waals surface area (Å²) in [6.07, 6.45) is 1.71. The molecule has 0 spiro atoms. The molecule has 0 aromatic carbocycles. The molecule has 0 aliphatic rings. The van der Waals surface area contributed by atoms with Crippen LogP contribution in [0.2, 0.25) is 0 Å². The number of methoxy groups -OCH3 is 1. The van der Waals surface area contributed by atoms with Gasteiger partial charge >= 0.3 is 0 Å². The molecule has 2 N–H and O–H groups in total. The van der Waals surface area contributed by atoms with Crippen LogP contribution in [0.3, 0.4) is 0 Å². The van der Waals surface area contributed by atoms with Crippen molar-refractivity contribution in [2.45, 2.75) is 13.5 Å². The minimum atomic E-state index is -0.0483. The van der Waals surface area contributed by atoms with E-state index in [0.717, 1.165) is 11.5 Å². The fourth-order valence-corrected chi connectivity index (χ4v) is 1.26. The fourth-order valence-electron chi connectivity index (χ4n) is 1.26. The number of hydrogen-bond donors (Lipinski definition) is 2. The van der Waals surface area contributed by atoms with Crippen molar-refractivity contribution in [1.82, 2.24) is 20.6 Å². The number of aryl methyl sites for hydroxylation is 1. The SMILES string of the molecule is COCCNC(=O)CNCc1ccnc(C)n1. The molecule has 6 nitrogen and oxygen atoms in total. The largest absolute Gasteiger partial charge is 0.383 e. The predicted octanol–water partition coefficient (Wildman–Crippen LogP) is -0.363. The fraction of sp³-hybridized carbons (Fsp3) is 0.545. The zero-order chi connectivity index (χ0) is 12.5. The van der Waals surface area contributed by atoms with Crippen LogP contribution in [0, 0.1) is 6.92 Å². The van der Waals surface area contributed by atoms with E-state index >= 15 is 0 Å². The molecule has 0 unspecified atom stereocenters. The molecule has 0 atom stereocenters. The lowest BCUT2D eigenvalue weighted by atomic mass is 10.4. The maximum absolute atomic E-state index is 11.3. The van der Waals surface area contributed by atoms with Crippen molar-refractivity contribution >= 4 is 5.91 Å². The molecule has 0 bridgehead atoms. The van der Waals surface area contributed by atoms with E-state index in [4.69, 9.17) is 4.74 Å². The van der Waals surface area contributed by atoms with Crippen LogP contribution in [0.4, 0.5) is 0 Å². The van der Waals surface area contributed by atoms with Crippen molar-refractivity contribution in [3.63, 3.8) is 0 Å². The van der Waals surface area contributed by atoms with E-state index in [0.29, 0.717) is 19.7 Å². The molecule has 1 rings (SSSR count). The number of rotatable bonds is 7. The summed E-state index contributed by atoms with van der Waals surface area (Å²) in [5.74, 6) is 0.682. The Morgan fingerprint density at radius 1 is 1.53 bits per heavy atom. The van der Waals surface area contributed by atoms with Crippen LogP contribution < -0.4 is 10.6 Å². The van der Waals surface area contributed by atoms with Gasteiger partial charge in [-0.05, 0) is 13.0 Å². The average Bonchev–Trinajstić information content (AvgIpc) is 2.29. The summed E-state index contributed by atoms with van der Waals surface area (Å²) in [7, 11) is 1.60. The van der Waals surface area contributed by atoms with E-state index in [2.05, 4.69) is 20.6 Å². The monoisotopic (exact) mass is 238 g/mol. The second kappa shape index (κ2) is 7.70. The summed E-state index contributed by atoms with van der Waals surface area (Å²) >= 11 is 0. The number of nitrogens with one attached hydrogen (secondary N) is 2. The molecular formula is C11H18N4O2. The number of carbonyl (C=O) groups is 1. The van der Waals surface area contributed by atoms with Gasteiger partial charge < -0.3 is 15.4 Å². The minimum Gasteiger partial charge on any atom is -0.383 e. The Morgan fingerprint density at radius 3 is 3.06 bits per heavy atom. The summed E-state index contributed by atoms with van der Waals surface area (Å²) in [5, 5.41) is 5.73. The Hall–Kier alpha value is -1.53. The quantitative estimate of drug-likeness (QED) is 0.634. The molecule has 0 saturated heterocycles. The van der Waals surface area contributed by atoms with E-state index in [1.165, 1.54) is 0 Å². The van der Waals surface area contributed by atoms with E-state index in [1.807, 2.05) is 13.0 Å². The van der Waals surface area contributed by atoms with Gasteiger partial charge in [0.25, 0.3) is 0 Å². The Kier molecular flexibility index (Phi) is 6.13. The Labute approximate surface area is 101 Å². The maximum atomic E-state index is 11.3. The molecule has 0 radical (unpaired) electrons. The standard InChI is InChI=1S/C11H18N4O2/c1-9-13-4-3-10(15-9)7-12-8-11(16)14-5-6-17-2/h3-4,12H,5-8H2,1-2H3,(H,14,16). The van der Waals surface area contributed by atoms with Gasteiger partial charge in [-0.25, -0.2) is 9.97 Å². The van der Waals surface area contributed by atoms with Crippen LogP contribution in [0.25, 0.3) is 0 Å². The highest BCUT2D eigenvalue weighted by molar-refractivity contribution is 5.77. The molecule has 17 heavy (non-hydrogen) atoms. The van der Waals surface area contributed by atoms with Gasteiger partial charge in [0.1, 0.15) is 5.82 Å². The van der Waals surface area contributed by atoms with Crippen LogP contribution in [0.5, 0.6) is 0 Å². The van der Waals surface area contributed by atoms with Crippen molar-refractivity contribution in [2.24, 2.45) is 0 Å². The van der Waals surface area contributed by atoms with Crippen LogP contribution in [0.1, 0.15) is 11.5 Å². The summed E-state index contributed by atoms with van der Waals surface area (Å²) < 4.78 is 4.83. The lowest BCUT2D eigenvalue weighted by Crippen LogP contribution is -2.35.